The molecule has 204 valence electrons. The molecule has 1 aromatic heterocycles. The lowest BCUT2D eigenvalue weighted by Gasteiger charge is -2.15. The Hall–Kier alpha value is -3.63. The zero-order valence-corrected chi connectivity index (χ0v) is 22.1. The summed E-state index contributed by atoms with van der Waals surface area (Å²) in [5, 5.41) is 0.361. The van der Waals surface area contributed by atoms with Crippen LogP contribution in [0, 0.1) is 6.92 Å². The molecule has 0 bridgehead atoms. The summed E-state index contributed by atoms with van der Waals surface area (Å²) in [4.78, 5) is 25.0. The van der Waals surface area contributed by atoms with Gasteiger partial charge in [-0.25, -0.2) is 8.42 Å². The fraction of sp³-hybridized carbons (Fsp3) is 0.214. The number of hydrogen-bond donors (Lipinski definition) is 0. The highest BCUT2D eigenvalue weighted by molar-refractivity contribution is 7.92. The van der Waals surface area contributed by atoms with Gasteiger partial charge in [-0.05, 0) is 55.8 Å². The van der Waals surface area contributed by atoms with Crippen LogP contribution in [0.25, 0.3) is 22.3 Å². The Morgan fingerprint density at radius 2 is 1.74 bits per heavy atom. The lowest BCUT2D eigenvalue weighted by molar-refractivity contribution is -0.137. The number of rotatable bonds is 9. The molecule has 0 spiro atoms. The summed E-state index contributed by atoms with van der Waals surface area (Å²) < 4.78 is 76.5. The number of halogens is 4. The number of para-hydroxylation sites is 1. The summed E-state index contributed by atoms with van der Waals surface area (Å²) in [5.74, 6) is -1.53. The summed E-state index contributed by atoms with van der Waals surface area (Å²) in [5.41, 5.74) is -0.400. The second-order valence-corrected chi connectivity index (χ2v) is 11.3. The van der Waals surface area contributed by atoms with Crippen molar-refractivity contribution in [3.05, 3.63) is 93.1 Å². The molecule has 6 nitrogen and oxygen atoms in total. The summed E-state index contributed by atoms with van der Waals surface area (Å²) in [6.45, 7) is 1.61. The van der Waals surface area contributed by atoms with Gasteiger partial charge in [-0.15, -0.1) is 0 Å². The third-order valence-electron chi connectivity index (χ3n) is 5.87. The highest BCUT2D eigenvalue weighted by atomic mass is 35.5. The quantitative estimate of drug-likeness (QED) is 0.207. The topological polar surface area (TPSA) is 90.6 Å². The van der Waals surface area contributed by atoms with Crippen LogP contribution in [0.1, 0.15) is 24.0 Å². The maximum atomic E-state index is 13.4. The molecule has 1 heterocycles. The maximum absolute atomic E-state index is 13.4. The van der Waals surface area contributed by atoms with Crippen molar-refractivity contribution in [3.8, 4) is 17.1 Å². The molecule has 0 radical (unpaired) electrons. The van der Waals surface area contributed by atoms with Crippen molar-refractivity contribution in [2.24, 2.45) is 0 Å². The smallest absolute Gasteiger partial charge is 0.416 e. The van der Waals surface area contributed by atoms with Crippen LogP contribution in [-0.4, -0.2) is 26.6 Å². The number of fused-ring (bicyclic) bond motifs is 1. The van der Waals surface area contributed by atoms with E-state index in [1.807, 2.05) is 0 Å². The van der Waals surface area contributed by atoms with Gasteiger partial charge >= 0.3 is 6.18 Å². The number of sulfone groups is 1. The Morgan fingerprint density at radius 3 is 2.44 bits per heavy atom. The van der Waals surface area contributed by atoms with E-state index in [4.69, 9.17) is 20.8 Å². The van der Waals surface area contributed by atoms with E-state index < -0.39 is 38.5 Å². The zero-order chi connectivity index (χ0) is 28.4. The Labute approximate surface area is 226 Å². The number of carbonyl (C=O) groups excluding carboxylic acids is 1. The SMILES string of the molecule is Cc1ccc(S(=O)(=O)CC(=O)CCCOc2cc(C(F)(F)F)ccc2-c2cc(=O)c3cccc(Cl)c3o2)cc1. The highest BCUT2D eigenvalue weighted by Crippen LogP contribution is 2.38. The first kappa shape index (κ1) is 28.4. The fourth-order valence-electron chi connectivity index (χ4n) is 3.86. The zero-order valence-electron chi connectivity index (χ0n) is 20.5. The predicted molar refractivity (Wildman–Crippen MR) is 141 cm³/mol. The van der Waals surface area contributed by atoms with Gasteiger partial charge in [-0.2, -0.15) is 13.2 Å². The number of ether oxygens (including phenoxy) is 1. The van der Waals surface area contributed by atoms with E-state index in [1.165, 1.54) is 24.3 Å². The standard InChI is InChI=1S/C28H22ClF3O6S/c1-17-7-10-20(11-8-17)39(35,36)16-19(33)4-3-13-37-25-14-18(28(30,31)32)9-12-22(25)26-15-24(34)21-5-2-6-23(29)27(21)38-26/h2,5-12,14-15H,3-4,13,16H2,1H3. The molecule has 0 fully saturated rings. The summed E-state index contributed by atoms with van der Waals surface area (Å²) in [7, 11) is -3.82. The van der Waals surface area contributed by atoms with Gasteiger partial charge in [0.2, 0.25) is 0 Å². The molecule has 0 unspecified atom stereocenters. The minimum absolute atomic E-state index is 0.0308. The van der Waals surface area contributed by atoms with Crippen LogP contribution in [0.2, 0.25) is 5.02 Å². The number of alkyl halides is 3. The predicted octanol–water partition coefficient (Wildman–Crippen LogP) is 6.64. The van der Waals surface area contributed by atoms with Crippen LogP contribution in [0.5, 0.6) is 5.75 Å². The molecule has 0 atom stereocenters. The van der Waals surface area contributed by atoms with Gasteiger partial charge in [0, 0.05) is 12.5 Å². The van der Waals surface area contributed by atoms with Crippen LogP contribution in [0.3, 0.4) is 0 Å². The van der Waals surface area contributed by atoms with Crippen molar-refractivity contribution in [2.45, 2.75) is 30.8 Å². The van der Waals surface area contributed by atoms with Crippen molar-refractivity contribution >= 4 is 38.2 Å². The lowest BCUT2D eigenvalue weighted by Crippen LogP contribution is -2.17. The van der Waals surface area contributed by atoms with Gasteiger partial charge in [0.25, 0.3) is 0 Å². The summed E-state index contributed by atoms with van der Waals surface area (Å²) in [6, 6.07) is 14.6. The Balaban J connectivity index is 1.52. The van der Waals surface area contributed by atoms with Crippen molar-refractivity contribution in [1.82, 2.24) is 0 Å². The Morgan fingerprint density at radius 1 is 1.03 bits per heavy atom. The van der Waals surface area contributed by atoms with E-state index in [-0.39, 0.29) is 57.4 Å². The summed E-state index contributed by atoms with van der Waals surface area (Å²) >= 11 is 6.15. The van der Waals surface area contributed by atoms with E-state index in [2.05, 4.69) is 0 Å². The Kier molecular flexibility index (Phi) is 8.17. The van der Waals surface area contributed by atoms with Crippen molar-refractivity contribution in [2.75, 3.05) is 12.4 Å². The first-order valence-corrected chi connectivity index (χ1v) is 13.8. The molecular weight excluding hydrogens is 557 g/mol. The Bertz CT molecular complexity index is 1690. The molecule has 0 saturated carbocycles. The first-order valence-electron chi connectivity index (χ1n) is 11.7. The minimum atomic E-state index is -4.66. The van der Waals surface area contributed by atoms with Crippen LogP contribution in [0.15, 0.2) is 80.8 Å². The average Bonchev–Trinajstić information content (AvgIpc) is 2.86. The molecule has 39 heavy (non-hydrogen) atoms. The monoisotopic (exact) mass is 578 g/mol. The van der Waals surface area contributed by atoms with Crippen LogP contribution in [0.4, 0.5) is 13.2 Å². The van der Waals surface area contributed by atoms with Gasteiger partial charge in [-0.3, -0.25) is 9.59 Å². The molecule has 0 aliphatic heterocycles. The number of hydrogen-bond acceptors (Lipinski definition) is 6. The fourth-order valence-corrected chi connectivity index (χ4v) is 5.36. The highest BCUT2D eigenvalue weighted by Gasteiger charge is 2.32. The molecule has 3 aromatic carbocycles. The molecule has 4 rings (SSSR count). The van der Waals surface area contributed by atoms with Crippen LogP contribution >= 0.6 is 11.6 Å². The lowest BCUT2D eigenvalue weighted by atomic mass is 10.1. The van der Waals surface area contributed by atoms with E-state index >= 15 is 0 Å². The van der Waals surface area contributed by atoms with Gasteiger partial charge in [0.05, 0.1) is 33.0 Å². The third-order valence-corrected chi connectivity index (χ3v) is 7.86. The minimum Gasteiger partial charge on any atom is -0.493 e. The van der Waals surface area contributed by atoms with Gasteiger partial charge in [0.1, 0.15) is 23.0 Å². The van der Waals surface area contributed by atoms with Gasteiger partial charge < -0.3 is 9.15 Å². The van der Waals surface area contributed by atoms with Gasteiger partial charge in [-0.1, -0.05) is 35.4 Å². The number of carbonyl (C=O) groups is 1. The molecule has 0 aliphatic carbocycles. The van der Waals surface area contributed by atoms with E-state index in [1.54, 1.807) is 25.1 Å². The number of aryl methyl sites for hydroxylation is 1. The first-order chi connectivity index (χ1) is 18.3. The summed E-state index contributed by atoms with van der Waals surface area (Å²) in [6.07, 6.45) is -4.78. The molecule has 0 N–H and O–H groups in total. The molecule has 0 amide bonds. The second kappa shape index (κ2) is 11.2. The molecule has 0 aliphatic rings. The van der Waals surface area contributed by atoms with Crippen LogP contribution < -0.4 is 10.2 Å². The maximum Gasteiger partial charge on any atom is 0.416 e. The van der Waals surface area contributed by atoms with E-state index in [0.29, 0.717) is 0 Å². The second-order valence-electron chi connectivity index (χ2n) is 8.86. The normalized spacial score (nSPS) is 12.0. The number of ketones is 1. The van der Waals surface area contributed by atoms with Crippen LogP contribution in [-0.2, 0) is 20.8 Å². The third kappa shape index (κ3) is 6.69. The molecule has 11 heteroatoms. The largest absolute Gasteiger partial charge is 0.493 e. The van der Waals surface area contributed by atoms with E-state index in [0.717, 1.165) is 29.8 Å². The average molecular weight is 579 g/mol. The molecule has 0 saturated heterocycles. The molecule has 4 aromatic rings. The molecular formula is C28H22ClF3O6S. The van der Waals surface area contributed by atoms with Gasteiger partial charge in [0.15, 0.2) is 20.8 Å². The number of Topliss-reactive ketones (excluding diaryl/α,β-unsaturated/α-hetero) is 1. The number of benzene rings is 3. The van der Waals surface area contributed by atoms with Crippen molar-refractivity contribution in [3.63, 3.8) is 0 Å². The van der Waals surface area contributed by atoms with Crippen molar-refractivity contribution in [1.29, 1.82) is 0 Å². The van der Waals surface area contributed by atoms with E-state index in [9.17, 15) is 31.2 Å². The van der Waals surface area contributed by atoms with Crippen molar-refractivity contribution < 1.29 is 35.5 Å².